The molecule has 33 heavy (non-hydrogen) atoms. The van der Waals surface area contributed by atoms with Crippen LogP contribution in [0.3, 0.4) is 0 Å². The number of anilines is 1. The predicted octanol–water partition coefficient (Wildman–Crippen LogP) is 7.98. The Morgan fingerprint density at radius 1 is 1.03 bits per heavy atom. The third-order valence-corrected chi connectivity index (χ3v) is 6.22. The van der Waals surface area contributed by atoms with Crippen LogP contribution in [0.4, 0.5) is 5.82 Å². The van der Waals surface area contributed by atoms with Crippen molar-refractivity contribution >= 4 is 81.2 Å². The van der Waals surface area contributed by atoms with Crippen molar-refractivity contribution < 1.29 is 0 Å². The highest BCUT2D eigenvalue weighted by atomic mass is 79.9. The molecule has 0 saturated heterocycles. The third-order valence-electron chi connectivity index (χ3n) is 5.37. The molecular weight excluding hydrogens is 543 g/mol. The Morgan fingerprint density at radius 2 is 1.73 bits per heavy atom. The average Bonchev–Trinajstić information content (AvgIpc) is 2.76. The van der Waals surface area contributed by atoms with Crippen LogP contribution in [-0.4, -0.2) is 40.5 Å². The van der Waals surface area contributed by atoms with E-state index in [4.69, 9.17) is 21.6 Å². The van der Waals surface area contributed by atoms with Crippen LogP contribution in [0.25, 0.3) is 23.1 Å². The summed E-state index contributed by atoms with van der Waals surface area (Å²) in [5.74, 6) is 1.46. The van der Waals surface area contributed by atoms with Crippen LogP contribution in [0, 0.1) is 0 Å². The number of benzene rings is 2. The maximum atomic E-state index is 6.52. The number of hydrogen-bond acceptors (Lipinski definition) is 4. The molecule has 0 aliphatic rings. The second-order valence-corrected chi connectivity index (χ2v) is 8.99. The van der Waals surface area contributed by atoms with Gasteiger partial charge in [-0.1, -0.05) is 65.7 Å². The molecule has 1 atom stereocenters. The van der Waals surface area contributed by atoms with Crippen molar-refractivity contribution in [3.63, 3.8) is 0 Å². The van der Waals surface area contributed by atoms with Gasteiger partial charge in [0.25, 0.3) is 0 Å². The fraction of sp³-hybridized carbons (Fsp3) is 0.360. The van der Waals surface area contributed by atoms with E-state index in [2.05, 4.69) is 59.1 Å². The highest BCUT2D eigenvalue weighted by molar-refractivity contribution is 9.10. The minimum absolute atomic E-state index is 0. The predicted molar refractivity (Wildman–Crippen MR) is 152 cm³/mol. The zero-order chi connectivity index (χ0) is 22.2. The number of nitrogens with one attached hydrogen (secondary N) is 1. The summed E-state index contributed by atoms with van der Waals surface area (Å²) in [7, 11) is 0. The number of hydrogen-bond donors (Lipinski definition) is 1. The molecule has 0 fully saturated rings. The van der Waals surface area contributed by atoms with Gasteiger partial charge in [0.15, 0.2) is 5.82 Å². The molecule has 0 amide bonds. The fourth-order valence-corrected chi connectivity index (χ4v) is 4.07. The molecule has 8 heteroatoms. The van der Waals surface area contributed by atoms with Crippen molar-refractivity contribution in [1.29, 1.82) is 0 Å². The summed E-state index contributed by atoms with van der Waals surface area (Å²) in [5, 5.41) is 5.13. The van der Waals surface area contributed by atoms with Gasteiger partial charge in [-0.05, 0) is 75.3 Å². The largest absolute Gasteiger partial charge is 0.367 e. The van der Waals surface area contributed by atoms with E-state index in [0.29, 0.717) is 10.8 Å². The van der Waals surface area contributed by atoms with E-state index in [9.17, 15) is 0 Å². The standard InChI is InChI=1S/C25H30BrClN4.2ClH/c1-4-31(5-2)17-7-8-18(3)28-25-24-21(27)9-6-10-22(24)29-23(30-25)16-13-19-11-14-20(26)15-12-19;;/h6,9-16,18H,4-5,7-8,17H2,1-3H3,(H,28,29,30);2*1H. The zero-order valence-corrected chi connectivity index (χ0v) is 23.2. The van der Waals surface area contributed by atoms with Crippen molar-refractivity contribution in [2.75, 3.05) is 25.0 Å². The summed E-state index contributed by atoms with van der Waals surface area (Å²) in [6.45, 7) is 9.93. The lowest BCUT2D eigenvalue weighted by Crippen LogP contribution is -2.25. The summed E-state index contributed by atoms with van der Waals surface area (Å²) in [4.78, 5) is 12.0. The number of halogens is 4. The van der Waals surface area contributed by atoms with E-state index in [0.717, 1.165) is 59.2 Å². The van der Waals surface area contributed by atoms with Crippen LogP contribution in [0.2, 0.25) is 5.02 Å². The van der Waals surface area contributed by atoms with Gasteiger partial charge in [-0.15, -0.1) is 24.8 Å². The smallest absolute Gasteiger partial charge is 0.154 e. The van der Waals surface area contributed by atoms with Gasteiger partial charge >= 0.3 is 0 Å². The van der Waals surface area contributed by atoms with E-state index < -0.39 is 0 Å². The van der Waals surface area contributed by atoms with E-state index in [1.165, 1.54) is 0 Å². The Hall–Kier alpha value is -1.37. The fourth-order valence-electron chi connectivity index (χ4n) is 3.55. The van der Waals surface area contributed by atoms with E-state index in [-0.39, 0.29) is 30.9 Å². The second kappa shape index (κ2) is 14.8. The number of fused-ring (bicyclic) bond motifs is 1. The molecule has 0 aliphatic heterocycles. The first-order valence-electron chi connectivity index (χ1n) is 10.9. The van der Waals surface area contributed by atoms with Crippen LogP contribution < -0.4 is 5.32 Å². The van der Waals surface area contributed by atoms with Crippen LogP contribution in [0.15, 0.2) is 46.9 Å². The van der Waals surface area contributed by atoms with Crippen molar-refractivity contribution in [3.05, 3.63) is 63.3 Å². The van der Waals surface area contributed by atoms with Crippen molar-refractivity contribution in [3.8, 4) is 0 Å². The lowest BCUT2D eigenvalue weighted by molar-refractivity contribution is 0.295. The van der Waals surface area contributed by atoms with E-state index in [1.54, 1.807) is 0 Å². The summed E-state index contributed by atoms with van der Waals surface area (Å²) in [6.07, 6.45) is 6.18. The summed E-state index contributed by atoms with van der Waals surface area (Å²) in [6, 6.07) is 14.2. The van der Waals surface area contributed by atoms with Crippen LogP contribution in [0.1, 0.15) is 45.0 Å². The van der Waals surface area contributed by atoms with E-state index in [1.807, 2.05) is 42.5 Å². The monoisotopic (exact) mass is 572 g/mol. The Morgan fingerprint density at radius 3 is 2.39 bits per heavy atom. The highest BCUT2D eigenvalue weighted by Gasteiger charge is 2.13. The first kappa shape index (κ1) is 29.7. The number of nitrogens with zero attached hydrogens (tertiary/aromatic N) is 3. The minimum atomic E-state index is 0. The number of aromatic nitrogens is 2. The third kappa shape index (κ3) is 8.73. The van der Waals surface area contributed by atoms with Crippen LogP contribution in [-0.2, 0) is 0 Å². The topological polar surface area (TPSA) is 41.0 Å². The van der Waals surface area contributed by atoms with Crippen LogP contribution in [0.5, 0.6) is 0 Å². The van der Waals surface area contributed by atoms with E-state index >= 15 is 0 Å². The normalized spacial score (nSPS) is 11.9. The molecule has 0 bridgehead atoms. The van der Waals surface area contributed by atoms with Crippen molar-refractivity contribution in [2.45, 2.75) is 39.7 Å². The Bertz CT molecular complexity index is 1020. The van der Waals surface area contributed by atoms with Gasteiger partial charge in [-0.25, -0.2) is 9.97 Å². The SMILES string of the molecule is CCN(CC)CCCC(C)Nc1nc(C=Cc2ccc(Br)cc2)nc2cccc(Cl)c12.Cl.Cl. The average molecular weight is 575 g/mol. The molecule has 1 heterocycles. The molecule has 1 aromatic heterocycles. The molecule has 0 saturated carbocycles. The molecule has 180 valence electrons. The van der Waals surface area contributed by atoms with Crippen LogP contribution >= 0.6 is 52.3 Å². The van der Waals surface area contributed by atoms with Gasteiger partial charge in [0, 0.05) is 10.5 Å². The number of rotatable bonds is 10. The minimum Gasteiger partial charge on any atom is -0.367 e. The summed E-state index contributed by atoms with van der Waals surface area (Å²) >= 11 is 9.99. The maximum absolute atomic E-state index is 6.52. The molecule has 3 rings (SSSR count). The highest BCUT2D eigenvalue weighted by Crippen LogP contribution is 2.29. The Kier molecular flexibility index (Phi) is 13.3. The van der Waals surface area contributed by atoms with Gasteiger partial charge in [-0.3, -0.25) is 0 Å². The molecule has 3 aromatic rings. The molecule has 1 N–H and O–H groups in total. The lowest BCUT2D eigenvalue weighted by Gasteiger charge is -2.20. The quantitative estimate of drug-likeness (QED) is 0.267. The zero-order valence-electron chi connectivity index (χ0n) is 19.2. The van der Waals surface area contributed by atoms with Gasteiger partial charge in [0.05, 0.1) is 15.9 Å². The van der Waals surface area contributed by atoms with Gasteiger partial charge < -0.3 is 10.2 Å². The first-order chi connectivity index (χ1) is 15.0. The maximum Gasteiger partial charge on any atom is 0.154 e. The molecule has 0 spiro atoms. The first-order valence-corrected chi connectivity index (χ1v) is 12.1. The Labute approximate surface area is 223 Å². The lowest BCUT2D eigenvalue weighted by atomic mass is 10.1. The van der Waals surface area contributed by atoms with Gasteiger partial charge in [-0.2, -0.15) is 0 Å². The molecule has 0 radical (unpaired) electrons. The summed E-state index contributed by atoms with van der Waals surface area (Å²) < 4.78 is 1.06. The molecule has 1 unspecified atom stereocenters. The van der Waals surface area contributed by atoms with Gasteiger partial charge in [0.2, 0.25) is 0 Å². The molecule has 0 aliphatic carbocycles. The molecular formula is C25H32BrCl3N4. The molecule has 2 aromatic carbocycles. The summed E-state index contributed by atoms with van der Waals surface area (Å²) in [5.41, 5.74) is 1.94. The second-order valence-electron chi connectivity index (χ2n) is 7.66. The van der Waals surface area contributed by atoms with Crippen molar-refractivity contribution in [1.82, 2.24) is 14.9 Å². The van der Waals surface area contributed by atoms with Gasteiger partial charge in [0.1, 0.15) is 5.82 Å². The van der Waals surface area contributed by atoms with Crippen molar-refractivity contribution in [2.24, 2.45) is 0 Å². The Balaban J connectivity index is 0.00000272. The molecule has 4 nitrogen and oxygen atoms in total.